The molecule has 0 fully saturated rings. The SMILES string of the molecule is Cc1ccc2ccccc2c1-c1c(O)c(C=NC(c2ccccc2)C(N=Cc2cc3ccccc3c(-c3c(C)ccc4ccccc34)c2O)c2ccccc2)cc2ccccc12. The number of phenolic OH excluding ortho intramolecular Hbond substituents is 2. The molecule has 2 N–H and O–H groups in total. The molecule has 0 radical (unpaired) electrons. The lowest BCUT2D eigenvalue weighted by molar-refractivity contribution is 0.476. The molecule has 0 aliphatic heterocycles. The fraction of sp³-hybridized carbons (Fsp3) is 0.0690. The minimum Gasteiger partial charge on any atom is -0.507 e. The van der Waals surface area contributed by atoms with Crippen LogP contribution in [0.25, 0.3) is 65.3 Å². The third kappa shape index (κ3) is 6.96. The zero-order chi connectivity index (χ0) is 42.2. The van der Waals surface area contributed by atoms with E-state index in [0.29, 0.717) is 11.1 Å². The second kappa shape index (κ2) is 16.3. The van der Waals surface area contributed by atoms with Crippen LogP contribution in [-0.2, 0) is 0 Å². The van der Waals surface area contributed by atoms with Crippen LogP contribution in [-0.4, -0.2) is 22.6 Å². The van der Waals surface area contributed by atoms with Crippen molar-refractivity contribution in [3.8, 4) is 33.8 Å². The Bertz CT molecular complexity index is 3130. The van der Waals surface area contributed by atoms with Gasteiger partial charge in [0.25, 0.3) is 0 Å². The molecular weight excluding hydrogens is 757 g/mol. The highest BCUT2D eigenvalue weighted by Gasteiger charge is 2.25. The Kier molecular flexibility index (Phi) is 10.1. The maximum absolute atomic E-state index is 12.4. The molecule has 0 bridgehead atoms. The van der Waals surface area contributed by atoms with Crippen LogP contribution in [0.4, 0.5) is 0 Å². The molecule has 298 valence electrons. The van der Waals surface area contributed by atoms with Crippen LogP contribution >= 0.6 is 0 Å². The molecule has 0 spiro atoms. The van der Waals surface area contributed by atoms with Crippen LogP contribution in [0.2, 0.25) is 0 Å². The quantitative estimate of drug-likeness (QED) is 0.143. The lowest BCUT2D eigenvalue weighted by atomic mass is 9.88. The molecule has 0 amide bonds. The number of aryl methyl sites for hydroxylation is 2. The molecule has 2 unspecified atom stereocenters. The number of aromatic hydroxyl groups is 2. The minimum atomic E-state index is -0.495. The van der Waals surface area contributed by atoms with Gasteiger partial charge >= 0.3 is 0 Å². The van der Waals surface area contributed by atoms with Crippen molar-refractivity contribution in [1.29, 1.82) is 0 Å². The van der Waals surface area contributed by atoms with Crippen molar-refractivity contribution >= 4 is 55.5 Å². The normalized spacial score (nSPS) is 12.9. The Labute approximate surface area is 361 Å². The van der Waals surface area contributed by atoms with E-state index in [9.17, 15) is 10.2 Å². The van der Waals surface area contributed by atoms with E-state index in [0.717, 1.165) is 87.6 Å². The van der Waals surface area contributed by atoms with Gasteiger partial charge in [0.1, 0.15) is 23.6 Å². The standard InChI is InChI=1S/C58H44N2O2/c1-37-29-31-39-17-9-13-25-47(39)51(37)53-49-27-15-11-23-43(49)33-45(57(53)61)35-59-55(41-19-5-3-6-20-41)56(42-21-7-4-8-22-42)60-36-46-34-44-24-12-16-28-50(44)54(58(46)62)52-38(2)30-32-40-18-10-14-26-48(40)52/h3-36,55-56,61-62H,1-2H3. The number of hydrogen-bond donors (Lipinski definition) is 2. The molecule has 10 rings (SSSR count). The van der Waals surface area contributed by atoms with E-state index >= 15 is 0 Å². The smallest absolute Gasteiger partial charge is 0.132 e. The summed E-state index contributed by atoms with van der Waals surface area (Å²) in [5, 5.41) is 33.1. The molecule has 0 aliphatic carbocycles. The van der Waals surface area contributed by atoms with Gasteiger partial charge in [0.2, 0.25) is 0 Å². The Morgan fingerprint density at radius 1 is 0.355 bits per heavy atom. The van der Waals surface area contributed by atoms with Crippen LogP contribution in [0.15, 0.2) is 204 Å². The Morgan fingerprint density at radius 3 is 1.06 bits per heavy atom. The summed E-state index contributed by atoms with van der Waals surface area (Å²) in [6, 6.07) is 65.1. The first kappa shape index (κ1) is 38.4. The summed E-state index contributed by atoms with van der Waals surface area (Å²) in [7, 11) is 0. The third-order valence-electron chi connectivity index (χ3n) is 12.2. The summed E-state index contributed by atoms with van der Waals surface area (Å²) >= 11 is 0. The first-order valence-corrected chi connectivity index (χ1v) is 21.1. The molecule has 0 heterocycles. The zero-order valence-corrected chi connectivity index (χ0v) is 34.6. The average Bonchev–Trinajstić information content (AvgIpc) is 3.31. The van der Waals surface area contributed by atoms with E-state index in [2.05, 4.69) is 111 Å². The molecule has 0 saturated carbocycles. The zero-order valence-electron chi connectivity index (χ0n) is 34.6. The van der Waals surface area contributed by atoms with Crippen LogP contribution in [0.5, 0.6) is 11.5 Å². The topological polar surface area (TPSA) is 65.2 Å². The van der Waals surface area contributed by atoms with Gasteiger partial charge < -0.3 is 10.2 Å². The molecule has 2 atom stereocenters. The molecule has 10 aromatic carbocycles. The van der Waals surface area contributed by atoms with Crippen LogP contribution in [0.1, 0.15) is 45.5 Å². The minimum absolute atomic E-state index is 0.177. The van der Waals surface area contributed by atoms with Gasteiger partial charge in [-0.2, -0.15) is 0 Å². The molecular formula is C58H44N2O2. The largest absolute Gasteiger partial charge is 0.507 e. The second-order valence-electron chi connectivity index (χ2n) is 16.0. The fourth-order valence-corrected chi connectivity index (χ4v) is 9.17. The van der Waals surface area contributed by atoms with Gasteiger partial charge in [0.15, 0.2) is 0 Å². The van der Waals surface area contributed by atoms with Crippen LogP contribution < -0.4 is 0 Å². The van der Waals surface area contributed by atoms with Gasteiger partial charge in [-0.3, -0.25) is 9.98 Å². The first-order valence-electron chi connectivity index (χ1n) is 21.1. The van der Waals surface area contributed by atoms with E-state index in [1.165, 1.54) is 0 Å². The summed E-state index contributed by atoms with van der Waals surface area (Å²) in [6.07, 6.45) is 3.62. The average molecular weight is 801 g/mol. The summed E-state index contributed by atoms with van der Waals surface area (Å²) in [6.45, 7) is 4.20. The summed E-state index contributed by atoms with van der Waals surface area (Å²) in [5.74, 6) is 0.353. The molecule has 4 heteroatoms. The van der Waals surface area contributed by atoms with Gasteiger partial charge in [-0.1, -0.05) is 182 Å². The van der Waals surface area contributed by atoms with Crippen LogP contribution in [0.3, 0.4) is 0 Å². The molecule has 0 saturated heterocycles. The highest BCUT2D eigenvalue weighted by atomic mass is 16.3. The van der Waals surface area contributed by atoms with Crippen molar-refractivity contribution in [2.24, 2.45) is 9.98 Å². The molecule has 0 aromatic heterocycles. The van der Waals surface area contributed by atoms with E-state index in [-0.39, 0.29) is 11.5 Å². The van der Waals surface area contributed by atoms with Gasteiger partial charge in [-0.25, -0.2) is 0 Å². The van der Waals surface area contributed by atoms with Crippen LogP contribution in [0, 0.1) is 13.8 Å². The summed E-state index contributed by atoms with van der Waals surface area (Å²) in [4.78, 5) is 10.7. The molecule has 10 aromatic rings. The van der Waals surface area contributed by atoms with Gasteiger partial charge in [-0.05, 0) is 102 Å². The number of phenols is 2. The van der Waals surface area contributed by atoms with Gasteiger partial charge in [0.05, 0.1) is 0 Å². The van der Waals surface area contributed by atoms with Crippen molar-refractivity contribution < 1.29 is 10.2 Å². The van der Waals surface area contributed by atoms with Gasteiger partial charge in [-0.15, -0.1) is 0 Å². The van der Waals surface area contributed by atoms with E-state index in [1.54, 1.807) is 0 Å². The van der Waals surface area contributed by atoms with Crippen molar-refractivity contribution in [2.75, 3.05) is 0 Å². The predicted octanol–water partition coefficient (Wildman–Crippen LogP) is 14.7. The Balaban J connectivity index is 1.15. The second-order valence-corrected chi connectivity index (χ2v) is 16.0. The van der Waals surface area contributed by atoms with Gasteiger partial charge in [0, 0.05) is 34.7 Å². The lowest BCUT2D eigenvalue weighted by Crippen LogP contribution is -2.09. The summed E-state index contributed by atoms with van der Waals surface area (Å²) < 4.78 is 0. The number of benzene rings is 10. The van der Waals surface area contributed by atoms with E-state index in [1.807, 2.05) is 109 Å². The number of aliphatic imine (C=N–C) groups is 2. The number of hydrogen-bond acceptors (Lipinski definition) is 4. The molecule has 0 aliphatic rings. The van der Waals surface area contributed by atoms with E-state index < -0.39 is 12.1 Å². The maximum Gasteiger partial charge on any atom is 0.132 e. The first-order chi connectivity index (χ1) is 30.4. The summed E-state index contributed by atoms with van der Waals surface area (Å²) in [5.41, 5.74) is 8.91. The van der Waals surface area contributed by atoms with E-state index in [4.69, 9.17) is 9.98 Å². The lowest BCUT2D eigenvalue weighted by Gasteiger charge is -2.23. The molecule has 4 nitrogen and oxygen atoms in total. The van der Waals surface area contributed by atoms with Crippen molar-refractivity contribution in [2.45, 2.75) is 25.9 Å². The Morgan fingerprint density at radius 2 is 0.677 bits per heavy atom. The molecule has 62 heavy (non-hydrogen) atoms. The van der Waals surface area contributed by atoms with Crippen molar-refractivity contribution in [3.63, 3.8) is 0 Å². The monoisotopic (exact) mass is 800 g/mol. The maximum atomic E-state index is 12.4. The number of rotatable bonds is 9. The van der Waals surface area contributed by atoms with Crippen molar-refractivity contribution in [1.82, 2.24) is 0 Å². The highest BCUT2D eigenvalue weighted by molar-refractivity contribution is 6.13. The fourth-order valence-electron chi connectivity index (χ4n) is 9.17. The third-order valence-corrected chi connectivity index (χ3v) is 12.2. The van der Waals surface area contributed by atoms with Crippen molar-refractivity contribution in [3.05, 3.63) is 228 Å². The Hall–Kier alpha value is -7.82. The predicted molar refractivity (Wildman–Crippen MR) is 260 cm³/mol. The highest BCUT2D eigenvalue weighted by Crippen LogP contribution is 2.46. The number of fused-ring (bicyclic) bond motifs is 4. The number of nitrogens with zero attached hydrogens (tertiary/aromatic N) is 2.